The molecule has 0 aliphatic carbocycles. The summed E-state index contributed by atoms with van der Waals surface area (Å²) in [5, 5.41) is 2.93. The summed E-state index contributed by atoms with van der Waals surface area (Å²) in [5.41, 5.74) is 2.82. The van der Waals surface area contributed by atoms with Crippen molar-refractivity contribution in [1.29, 1.82) is 0 Å². The smallest absolute Gasteiger partial charge is 0.251 e. The van der Waals surface area contributed by atoms with Gasteiger partial charge in [0.1, 0.15) is 11.9 Å². The average molecular weight is 327 g/mol. The maximum atomic E-state index is 12.3. The van der Waals surface area contributed by atoms with E-state index in [0.29, 0.717) is 12.1 Å². The fourth-order valence-electron chi connectivity index (χ4n) is 2.65. The van der Waals surface area contributed by atoms with Crippen LogP contribution in [0.4, 0.5) is 0 Å². The van der Waals surface area contributed by atoms with Gasteiger partial charge in [0.2, 0.25) is 0 Å². The van der Waals surface area contributed by atoms with E-state index in [1.165, 1.54) is 5.56 Å². The van der Waals surface area contributed by atoms with Crippen molar-refractivity contribution >= 4 is 5.91 Å². The van der Waals surface area contributed by atoms with Crippen LogP contribution in [0, 0.1) is 0 Å². The molecule has 1 N–H and O–H groups in total. The molecule has 4 heteroatoms. The van der Waals surface area contributed by atoms with Crippen LogP contribution in [-0.2, 0) is 11.2 Å². The minimum absolute atomic E-state index is 0.102. The third-order valence-electron chi connectivity index (χ3n) is 3.97. The summed E-state index contributed by atoms with van der Waals surface area (Å²) < 4.78 is 10.9. The summed E-state index contributed by atoms with van der Waals surface area (Å²) in [5.74, 6) is 0.650. The van der Waals surface area contributed by atoms with E-state index in [9.17, 15) is 4.79 Å². The Balaban J connectivity index is 2.00. The number of methoxy groups -OCH3 is 2. The highest BCUT2D eigenvalue weighted by Gasteiger charge is 2.16. The van der Waals surface area contributed by atoms with Crippen molar-refractivity contribution in [2.45, 2.75) is 25.9 Å². The molecular formula is C20H25NO3. The van der Waals surface area contributed by atoms with E-state index < -0.39 is 0 Å². The number of carbonyl (C=O) groups excluding carboxylic acids is 1. The molecule has 2 aromatic carbocycles. The number of hydrogen-bond donors (Lipinski definition) is 1. The highest BCUT2D eigenvalue weighted by molar-refractivity contribution is 5.94. The Hall–Kier alpha value is -2.33. The van der Waals surface area contributed by atoms with E-state index in [0.717, 1.165) is 24.2 Å². The summed E-state index contributed by atoms with van der Waals surface area (Å²) in [6, 6.07) is 15.4. The Kier molecular flexibility index (Phi) is 6.82. The third-order valence-corrected chi connectivity index (χ3v) is 3.97. The largest absolute Gasteiger partial charge is 0.496 e. The molecule has 128 valence electrons. The molecule has 0 radical (unpaired) electrons. The summed E-state index contributed by atoms with van der Waals surface area (Å²) in [6.45, 7) is 2.52. The molecule has 0 bridgehead atoms. The minimum Gasteiger partial charge on any atom is -0.496 e. The second-order valence-electron chi connectivity index (χ2n) is 5.62. The number of para-hydroxylation sites is 1. The minimum atomic E-state index is -0.260. The van der Waals surface area contributed by atoms with Crippen molar-refractivity contribution in [2.75, 3.05) is 20.8 Å². The van der Waals surface area contributed by atoms with Crippen LogP contribution < -0.4 is 10.1 Å². The molecule has 0 saturated carbocycles. The molecular weight excluding hydrogens is 302 g/mol. The van der Waals surface area contributed by atoms with Crippen molar-refractivity contribution < 1.29 is 14.3 Å². The predicted molar refractivity (Wildman–Crippen MR) is 95.5 cm³/mol. The first-order valence-electron chi connectivity index (χ1n) is 8.22. The van der Waals surface area contributed by atoms with Gasteiger partial charge >= 0.3 is 0 Å². The highest BCUT2D eigenvalue weighted by atomic mass is 16.5. The predicted octanol–water partition coefficient (Wildman–Crippen LogP) is 3.77. The van der Waals surface area contributed by atoms with E-state index in [-0.39, 0.29) is 12.0 Å². The molecule has 0 aliphatic rings. The van der Waals surface area contributed by atoms with Gasteiger partial charge in [-0.2, -0.15) is 0 Å². The normalized spacial score (nSPS) is 11.8. The van der Waals surface area contributed by atoms with Crippen molar-refractivity contribution in [3.8, 4) is 5.75 Å². The monoisotopic (exact) mass is 327 g/mol. The van der Waals surface area contributed by atoms with Gasteiger partial charge in [-0.3, -0.25) is 4.79 Å². The van der Waals surface area contributed by atoms with Crippen LogP contribution in [0.5, 0.6) is 5.75 Å². The number of aryl methyl sites for hydroxylation is 1. The van der Waals surface area contributed by atoms with Crippen molar-refractivity contribution in [3.63, 3.8) is 0 Å². The van der Waals surface area contributed by atoms with Gasteiger partial charge < -0.3 is 14.8 Å². The first kappa shape index (κ1) is 18.0. The number of benzene rings is 2. The average Bonchev–Trinajstić information content (AvgIpc) is 2.63. The van der Waals surface area contributed by atoms with Crippen molar-refractivity contribution in [2.24, 2.45) is 0 Å². The molecule has 0 saturated heterocycles. The molecule has 0 aliphatic heterocycles. The molecule has 0 aromatic heterocycles. The van der Waals surface area contributed by atoms with Gasteiger partial charge in [0.25, 0.3) is 5.91 Å². The van der Waals surface area contributed by atoms with Gasteiger partial charge in [-0.1, -0.05) is 43.7 Å². The standard InChI is InChI=1S/C20H25NO3/c1-4-7-15-10-12-16(13-11-15)20(22)21-14-19(24-3)17-8-5-6-9-18(17)23-2/h5-6,8-13,19H,4,7,14H2,1-3H3,(H,21,22). The van der Waals surface area contributed by atoms with Gasteiger partial charge in [-0.15, -0.1) is 0 Å². The fourth-order valence-corrected chi connectivity index (χ4v) is 2.65. The Labute approximate surface area is 143 Å². The number of amides is 1. The third kappa shape index (κ3) is 4.59. The molecule has 1 amide bonds. The van der Waals surface area contributed by atoms with E-state index in [1.54, 1.807) is 14.2 Å². The number of hydrogen-bond acceptors (Lipinski definition) is 3. The first-order chi connectivity index (χ1) is 11.7. The van der Waals surface area contributed by atoms with E-state index in [1.807, 2.05) is 48.5 Å². The molecule has 4 nitrogen and oxygen atoms in total. The van der Waals surface area contributed by atoms with Crippen LogP contribution in [-0.4, -0.2) is 26.7 Å². The topological polar surface area (TPSA) is 47.6 Å². The second-order valence-corrected chi connectivity index (χ2v) is 5.62. The van der Waals surface area contributed by atoms with Crippen LogP contribution in [0.25, 0.3) is 0 Å². The Bertz CT molecular complexity index is 652. The second kappa shape index (κ2) is 9.08. The van der Waals surface area contributed by atoms with Crippen LogP contribution in [0.3, 0.4) is 0 Å². The zero-order valence-corrected chi connectivity index (χ0v) is 14.5. The van der Waals surface area contributed by atoms with Crippen molar-refractivity contribution in [1.82, 2.24) is 5.32 Å². The van der Waals surface area contributed by atoms with E-state index in [2.05, 4.69) is 12.2 Å². The Morgan fingerprint density at radius 2 is 1.79 bits per heavy atom. The molecule has 0 spiro atoms. The van der Waals surface area contributed by atoms with Gasteiger partial charge in [0.05, 0.1) is 7.11 Å². The summed E-state index contributed by atoms with van der Waals surface area (Å²) in [4.78, 5) is 12.3. The fraction of sp³-hybridized carbons (Fsp3) is 0.350. The summed E-state index contributed by atoms with van der Waals surface area (Å²) in [6.07, 6.45) is 1.87. The zero-order chi connectivity index (χ0) is 17.4. The lowest BCUT2D eigenvalue weighted by Gasteiger charge is -2.19. The lowest BCUT2D eigenvalue weighted by Crippen LogP contribution is -2.29. The van der Waals surface area contributed by atoms with Crippen LogP contribution in [0.15, 0.2) is 48.5 Å². The maximum Gasteiger partial charge on any atom is 0.251 e. The molecule has 1 atom stereocenters. The zero-order valence-electron chi connectivity index (χ0n) is 14.5. The number of ether oxygens (including phenoxy) is 2. The summed E-state index contributed by atoms with van der Waals surface area (Å²) in [7, 11) is 3.25. The number of carbonyl (C=O) groups is 1. The highest BCUT2D eigenvalue weighted by Crippen LogP contribution is 2.26. The summed E-state index contributed by atoms with van der Waals surface area (Å²) >= 11 is 0. The Morgan fingerprint density at radius 1 is 1.08 bits per heavy atom. The van der Waals surface area contributed by atoms with Crippen molar-refractivity contribution in [3.05, 3.63) is 65.2 Å². The number of rotatable bonds is 8. The van der Waals surface area contributed by atoms with Crippen LogP contribution in [0.2, 0.25) is 0 Å². The Morgan fingerprint density at radius 3 is 2.42 bits per heavy atom. The molecule has 2 rings (SSSR count). The van der Waals surface area contributed by atoms with E-state index >= 15 is 0 Å². The molecule has 2 aromatic rings. The molecule has 0 fully saturated rings. The quantitative estimate of drug-likeness (QED) is 0.803. The lowest BCUT2D eigenvalue weighted by atomic mass is 10.1. The first-order valence-corrected chi connectivity index (χ1v) is 8.22. The van der Waals surface area contributed by atoms with Gasteiger partial charge in [-0.25, -0.2) is 0 Å². The van der Waals surface area contributed by atoms with Gasteiger partial charge in [0, 0.05) is 24.8 Å². The van der Waals surface area contributed by atoms with E-state index in [4.69, 9.17) is 9.47 Å². The SMILES string of the molecule is CCCc1ccc(C(=O)NCC(OC)c2ccccc2OC)cc1. The molecule has 24 heavy (non-hydrogen) atoms. The maximum absolute atomic E-state index is 12.3. The van der Waals surface area contributed by atoms with Crippen LogP contribution >= 0.6 is 0 Å². The number of nitrogens with one attached hydrogen (secondary N) is 1. The molecule has 1 unspecified atom stereocenters. The molecule has 0 heterocycles. The van der Waals surface area contributed by atoms with Gasteiger partial charge in [-0.05, 0) is 30.2 Å². The lowest BCUT2D eigenvalue weighted by molar-refractivity contribution is 0.0819. The van der Waals surface area contributed by atoms with Crippen LogP contribution in [0.1, 0.15) is 40.9 Å². The van der Waals surface area contributed by atoms with Gasteiger partial charge in [0.15, 0.2) is 0 Å².